The van der Waals surface area contributed by atoms with Gasteiger partial charge in [-0.25, -0.2) is 4.79 Å². The van der Waals surface area contributed by atoms with E-state index in [0.717, 1.165) is 50.2 Å². The van der Waals surface area contributed by atoms with Crippen molar-refractivity contribution >= 4 is 12.2 Å². The minimum atomic E-state index is -0.778. The quantitative estimate of drug-likeness (QED) is 0.521. The van der Waals surface area contributed by atoms with Gasteiger partial charge in [0.25, 0.3) is 5.56 Å². The van der Waals surface area contributed by atoms with Crippen LogP contribution in [0.4, 0.5) is 4.79 Å². The summed E-state index contributed by atoms with van der Waals surface area (Å²) in [7, 11) is 0. The molecule has 1 amide bonds. The van der Waals surface area contributed by atoms with Gasteiger partial charge in [-0.2, -0.15) is 0 Å². The first-order chi connectivity index (χ1) is 16.8. The average Bonchev–Trinajstić information content (AvgIpc) is 3.19. The van der Waals surface area contributed by atoms with Crippen LogP contribution in [0.3, 0.4) is 0 Å². The van der Waals surface area contributed by atoms with Gasteiger partial charge in [0.15, 0.2) is 0 Å². The van der Waals surface area contributed by atoms with E-state index < -0.39 is 6.09 Å². The van der Waals surface area contributed by atoms with Gasteiger partial charge in [-0.1, -0.05) is 44.2 Å². The zero-order valence-corrected chi connectivity index (χ0v) is 21.4. The summed E-state index contributed by atoms with van der Waals surface area (Å²) in [5, 5.41) is 15.0. The Morgan fingerprint density at radius 3 is 2.63 bits per heavy atom. The molecular weight excluding hydrogens is 440 g/mol. The fraction of sp³-hybridized carbons (Fsp3) is 0.571. The van der Waals surface area contributed by atoms with E-state index in [1.54, 1.807) is 4.90 Å². The number of rotatable bonds is 7. The van der Waals surface area contributed by atoms with E-state index in [9.17, 15) is 14.7 Å². The summed E-state index contributed by atoms with van der Waals surface area (Å²) in [6.07, 6.45) is 9.75. The molecule has 1 aromatic heterocycles. The zero-order chi connectivity index (χ0) is 25.0. The molecule has 0 atom stereocenters. The minimum absolute atomic E-state index is 0.0241. The monoisotopic (exact) mass is 480 g/mol. The lowest BCUT2D eigenvalue weighted by Crippen LogP contribution is -2.50. The first-order valence-electron chi connectivity index (χ1n) is 13.0. The maximum Gasteiger partial charge on any atom is 0.407 e. The van der Waals surface area contributed by atoms with Gasteiger partial charge >= 0.3 is 6.09 Å². The van der Waals surface area contributed by atoms with Crippen molar-refractivity contribution in [1.82, 2.24) is 20.0 Å². The fourth-order valence-corrected chi connectivity index (χ4v) is 5.84. The van der Waals surface area contributed by atoms with Gasteiger partial charge in [0.05, 0.1) is 0 Å². The van der Waals surface area contributed by atoms with Gasteiger partial charge in [0.2, 0.25) is 0 Å². The van der Waals surface area contributed by atoms with Crippen LogP contribution in [0.1, 0.15) is 79.8 Å². The summed E-state index contributed by atoms with van der Waals surface area (Å²) >= 11 is 0. The van der Waals surface area contributed by atoms with Crippen LogP contribution < -0.4 is 5.56 Å². The number of hydrogen-bond donors (Lipinski definition) is 3. The molecule has 1 spiro atoms. The van der Waals surface area contributed by atoms with Crippen LogP contribution in [0.5, 0.6) is 0 Å². The third-order valence-electron chi connectivity index (χ3n) is 7.98. The standard InChI is InChI=1S/C28H40N4O3/c1-20(2)25-24(26(33)30-29-25)18-23-9-8-22(17-21(23)3)7-4-5-13-31-14-6-10-28(19-31)11-15-32(16-12-28)27(34)35/h4,7-9,17,20H,5-6,10-16,18-19H2,1-3H3,(H,34,35)(H2,29,30,33)/b7-4+. The molecular formula is C28H40N4O3. The molecule has 0 bridgehead atoms. The number of nitrogens with zero attached hydrogens (tertiary/aromatic N) is 2. The van der Waals surface area contributed by atoms with Gasteiger partial charge < -0.3 is 20.0 Å². The Hall–Kier alpha value is -2.80. The van der Waals surface area contributed by atoms with Crippen molar-refractivity contribution in [3.63, 3.8) is 0 Å². The van der Waals surface area contributed by atoms with Crippen LogP contribution >= 0.6 is 0 Å². The topological polar surface area (TPSA) is 92.4 Å². The summed E-state index contributed by atoms with van der Waals surface area (Å²) < 4.78 is 0. The van der Waals surface area contributed by atoms with Gasteiger partial charge in [-0.05, 0) is 73.6 Å². The average molecular weight is 481 g/mol. The van der Waals surface area contributed by atoms with Crippen LogP contribution in [0.15, 0.2) is 29.1 Å². The normalized spacial score (nSPS) is 18.7. The second-order valence-electron chi connectivity index (χ2n) is 10.8. The second kappa shape index (κ2) is 10.9. The van der Waals surface area contributed by atoms with Crippen LogP contribution in [0, 0.1) is 12.3 Å². The molecule has 35 heavy (non-hydrogen) atoms. The molecule has 0 saturated carbocycles. The molecule has 190 valence electrons. The maximum absolute atomic E-state index is 12.2. The number of amides is 1. The molecule has 7 heteroatoms. The van der Waals surface area contributed by atoms with E-state index in [0.29, 0.717) is 24.9 Å². The third-order valence-corrected chi connectivity index (χ3v) is 7.98. The summed E-state index contributed by atoms with van der Waals surface area (Å²) in [5.74, 6) is 0.277. The maximum atomic E-state index is 12.2. The number of aryl methyl sites for hydroxylation is 1. The van der Waals surface area contributed by atoms with E-state index in [-0.39, 0.29) is 11.5 Å². The number of likely N-dealkylation sites (tertiary alicyclic amines) is 2. The number of benzene rings is 1. The molecule has 4 rings (SSSR count). The Labute approximate surface area is 208 Å². The molecule has 2 aromatic rings. The number of aromatic amines is 2. The number of carboxylic acid groups (broad SMARTS) is 1. The lowest BCUT2D eigenvalue weighted by molar-refractivity contribution is 0.0269. The van der Waals surface area contributed by atoms with E-state index >= 15 is 0 Å². The highest BCUT2D eigenvalue weighted by Gasteiger charge is 2.39. The molecule has 2 saturated heterocycles. The molecule has 0 unspecified atom stereocenters. The number of H-pyrrole nitrogens is 2. The smallest absolute Gasteiger partial charge is 0.407 e. The Balaban J connectivity index is 1.29. The first kappa shape index (κ1) is 25.3. The van der Waals surface area contributed by atoms with Gasteiger partial charge in [-0.15, -0.1) is 0 Å². The van der Waals surface area contributed by atoms with Crippen molar-refractivity contribution in [1.29, 1.82) is 0 Å². The summed E-state index contributed by atoms with van der Waals surface area (Å²) in [6, 6.07) is 6.48. The van der Waals surface area contributed by atoms with E-state index in [1.165, 1.54) is 29.5 Å². The molecule has 0 aliphatic carbocycles. The molecule has 3 N–H and O–H groups in total. The van der Waals surface area contributed by atoms with Crippen LogP contribution in [-0.2, 0) is 6.42 Å². The molecule has 7 nitrogen and oxygen atoms in total. The van der Waals surface area contributed by atoms with Crippen molar-refractivity contribution in [2.24, 2.45) is 5.41 Å². The van der Waals surface area contributed by atoms with Crippen molar-refractivity contribution in [3.05, 3.63) is 62.6 Å². The first-order valence-corrected chi connectivity index (χ1v) is 13.0. The molecule has 0 radical (unpaired) electrons. The summed E-state index contributed by atoms with van der Waals surface area (Å²) in [6.45, 7) is 10.9. The SMILES string of the molecule is Cc1cc(/C=C/CCN2CCCC3(CCN(C(=O)O)CC3)C2)ccc1Cc1c(C(C)C)[nH][nH]c1=O. The zero-order valence-electron chi connectivity index (χ0n) is 21.4. The second-order valence-corrected chi connectivity index (χ2v) is 10.8. The van der Waals surface area contributed by atoms with Crippen molar-refractivity contribution < 1.29 is 9.90 Å². The Morgan fingerprint density at radius 2 is 1.94 bits per heavy atom. The number of aromatic nitrogens is 2. The Morgan fingerprint density at radius 1 is 1.17 bits per heavy atom. The number of nitrogens with one attached hydrogen (secondary N) is 2. The lowest BCUT2D eigenvalue weighted by atomic mass is 9.72. The highest BCUT2D eigenvalue weighted by atomic mass is 16.4. The Bertz CT molecular complexity index is 1110. The molecule has 2 fully saturated rings. The Kier molecular flexibility index (Phi) is 7.85. The van der Waals surface area contributed by atoms with Crippen molar-refractivity contribution in [2.45, 2.75) is 65.2 Å². The van der Waals surface area contributed by atoms with Gasteiger partial charge in [0, 0.05) is 43.9 Å². The van der Waals surface area contributed by atoms with E-state index in [4.69, 9.17) is 0 Å². The van der Waals surface area contributed by atoms with Crippen LogP contribution in [0.25, 0.3) is 6.08 Å². The predicted octanol–water partition coefficient (Wildman–Crippen LogP) is 4.98. The summed E-state index contributed by atoms with van der Waals surface area (Å²) in [4.78, 5) is 27.6. The van der Waals surface area contributed by atoms with Gasteiger partial charge in [-0.3, -0.25) is 9.89 Å². The van der Waals surface area contributed by atoms with Crippen LogP contribution in [0.2, 0.25) is 0 Å². The predicted molar refractivity (Wildman–Crippen MR) is 140 cm³/mol. The lowest BCUT2D eigenvalue weighted by Gasteiger charge is -2.47. The van der Waals surface area contributed by atoms with Gasteiger partial charge in [0.1, 0.15) is 0 Å². The fourth-order valence-electron chi connectivity index (χ4n) is 5.84. The number of carbonyl (C=O) groups is 1. The largest absolute Gasteiger partial charge is 0.465 e. The summed E-state index contributed by atoms with van der Waals surface area (Å²) in [5.41, 5.74) is 5.68. The molecule has 2 aliphatic heterocycles. The van der Waals surface area contributed by atoms with Crippen molar-refractivity contribution in [3.8, 4) is 0 Å². The molecule has 2 aliphatic rings. The van der Waals surface area contributed by atoms with E-state index in [2.05, 4.69) is 66.2 Å². The molecule has 3 heterocycles. The highest BCUT2D eigenvalue weighted by Crippen LogP contribution is 2.39. The van der Waals surface area contributed by atoms with Crippen molar-refractivity contribution in [2.75, 3.05) is 32.7 Å². The third kappa shape index (κ3) is 6.07. The number of piperidine rings is 2. The van der Waals surface area contributed by atoms with E-state index in [1.807, 2.05) is 0 Å². The molecule has 1 aromatic carbocycles. The highest BCUT2D eigenvalue weighted by molar-refractivity contribution is 5.65. The van der Waals surface area contributed by atoms with Crippen LogP contribution in [-0.4, -0.2) is 63.9 Å². The number of hydrogen-bond acceptors (Lipinski definition) is 3. The minimum Gasteiger partial charge on any atom is -0.465 e.